The highest BCUT2D eigenvalue weighted by molar-refractivity contribution is 8.93. The van der Waals surface area contributed by atoms with Crippen molar-refractivity contribution in [2.75, 3.05) is 0 Å². The Morgan fingerprint density at radius 2 is 2.18 bits per heavy atom. The van der Waals surface area contributed by atoms with E-state index >= 15 is 0 Å². The minimum absolute atomic E-state index is 0. The average molecular weight is 234 g/mol. The van der Waals surface area contributed by atoms with Gasteiger partial charge in [0, 0.05) is 18.6 Å². The lowest BCUT2D eigenvalue weighted by Gasteiger charge is -1.90. The lowest BCUT2D eigenvalue weighted by Crippen LogP contribution is -1.85. The molecule has 58 valence electrons. The second-order valence-corrected chi connectivity index (χ2v) is 2.34. The third-order valence-electron chi connectivity index (χ3n) is 1.21. The maximum absolute atomic E-state index is 5.66. The fraction of sp³-hybridized carbons (Fsp3) is 0. The number of rotatable bonds is 0. The molecule has 0 unspecified atom stereocenters. The number of hydrogen-bond donors (Lipinski definition) is 0. The monoisotopic (exact) mass is 233 g/mol. The van der Waals surface area contributed by atoms with Gasteiger partial charge in [0.25, 0.3) is 0 Å². The van der Waals surface area contributed by atoms with Crippen LogP contribution < -0.4 is 0 Å². The van der Waals surface area contributed by atoms with Crippen molar-refractivity contribution in [2.24, 2.45) is 0 Å². The largest absolute Gasteiger partial charge is 0.290 e. The van der Waals surface area contributed by atoms with Crippen LogP contribution in [0.1, 0.15) is 0 Å². The third kappa shape index (κ3) is 1.52. The van der Waals surface area contributed by atoms with Crippen molar-refractivity contribution >= 4 is 34.4 Å². The van der Waals surface area contributed by atoms with E-state index in [4.69, 9.17) is 11.6 Å². The summed E-state index contributed by atoms with van der Waals surface area (Å²) in [6, 6.07) is 0. The molecule has 0 N–H and O–H groups in total. The van der Waals surface area contributed by atoms with Crippen LogP contribution in [0.5, 0.6) is 0 Å². The summed E-state index contributed by atoms with van der Waals surface area (Å²) in [5.74, 6) is 0.671. The van der Waals surface area contributed by atoms with Crippen molar-refractivity contribution in [3.05, 3.63) is 29.8 Å². The Bertz CT molecular complexity index is 359. The standard InChI is InChI=1S/C6H4ClN3.BrH/c7-5-3-9-6-8-1-2-10(6)4-5;/h1-4H;1H. The molecule has 2 aromatic heterocycles. The Labute approximate surface area is 78.8 Å². The summed E-state index contributed by atoms with van der Waals surface area (Å²) in [4.78, 5) is 7.91. The molecular weight excluding hydrogens is 229 g/mol. The molecule has 3 nitrogen and oxygen atoms in total. The molecule has 2 aromatic rings. The molecule has 5 heteroatoms. The van der Waals surface area contributed by atoms with Gasteiger partial charge in [0.05, 0.1) is 11.2 Å². The van der Waals surface area contributed by atoms with Crippen LogP contribution in [0.4, 0.5) is 0 Å². The zero-order valence-corrected chi connectivity index (χ0v) is 7.91. The van der Waals surface area contributed by atoms with Crippen LogP contribution in [0.3, 0.4) is 0 Å². The lowest BCUT2D eigenvalue weighted by atomic mass is 10.7. The second kappa shape index (κ2) is 3.19. The molecule has 0 amide bonds. The second-order valence-electron chi connectivity index (χ2n) is 1.91. The molecule has 2 rings (SSSR count). The van der Waals surface area contributed by atoms with Gasteiger partial charge in [-0.15, -0.1) is 17.0 Å². The number of imidazole rings is 1. The zero-order valence-electron chi connectivity index (χ0n) is 5.44. The van der Waals surface area contributed by atoms with E-state index in [-0.39, 0.29) is 17.0 Å². The molecule has 0 spiro atoms. The highest BCUT2D eigenvalue weighted by atomic mass is 79.9. The number of aromatic nitrogens is 3. The first-order valence-electron chi connectivity index (χ1n) is 2.80. The van der Waals surface area contributed by atoms with Gasteiger partial charge in [-0.2, -0.15) is 0 Å². The van der Waals surface area contributed by atoms with Gasteiger partial charge in [0.15, 0.2) is 0 Å². The van der Waals surface area contributed by atoms with Crippen LogP contribution in [0.25, 0.3) is 5.78 Å². The maximum atomic E-state index is 5.66. The van der Waals surface area contributed by atoms with Crippen molar-refractivity contribution in [2.45, 2.75) is 0 Å². The number of fused-ring (bicyclic) bond motifs is 1. The van der Waals surface area contributed by atoms with Crippen LogP contribution in [0.2, 0.25) is 5.02 Å². The topological polar surface area (TPSA) is 30.2 Å². The number of nitrogens with zero attached hydrogens (tertiary/aromatic N) is 3. The van der Waals surface area contributed by atoms with Crippen molar-refractivity contribution in [3.8, 4) is 0 Å². The minimum atomic E-state index is 0. The minimum Gasteiger partial charge on any atom is -0.290 e. The van der Waals surface area contributed by atoms with Gasteiger partial charge >= 0.3 is 0 Å². The summed E-state index contributed by atoms with van der Waals surface area (Å²) in [7, 11) is 0. The van der Waals surface area contributed by atoms with E-state index in [2.05, 4.69) is 9.97 Å². The predicted molar refractivity (Wildman–Crippen MR) is 48.3 cm³/mol. The Hall–Kier alpha value is -0.610. The summed E-state index contributed by atoms with van der Waals surface area (Å²) < 4.78 is 1.77. The summed E-state index contributed by atoms with van der Waals surface area (Å²) >= 11 is 5.66. The van der Waals surface area contributed by atoms with E-state index in [0.717, 1.165) is 0 Å². The Morgan fingerprint density at radius 3 is 3.00 bits per heavy atom. The Morgan fingerprint density at radius 1 is 1.36 bits per heavy atom. The number of halogens is 2. The molecule has 0 bridgehead atoms. The van der Waals surface area contributed by atoms with E-state index in [1.165, 1.54) is 0 Å². The summed E-state index contributed by atoms with van der Waals surface area (Å²) in [5, 5.41) is 0.616. The zero-order chi connectivity index (χ0) is 6.97. The Kier molecular flexibility index (Phi) is 2.46. The van der Waals surface area contributed by atoms with Crippen LogP contribution in [0.15, 0.2) is 24.8 Å². The van der Waals surface area contributed by atoms with Crippen LogP contribution in [-0.4, -0.2) is 14.4 Å². The van der Waals surface area contributed by atoms with E-state index in [0.29, 0.717) is 10.8 Å². The molecule has 0 aliphatic heterocycles. The first-order chi connectivity index (χ1) is 4.86. The fourth-order valence-corrected chi connectivity index (χ4v) is 0.945. The highest BCUT2D eigenvalue weighted by Crippen LogP contribution is 2.05. The van der Waals surface area contributed by atoms with Crippen molar-refractivity contribution in [1.29, 1.82) is 0 Å². The predicted octanol–water partition coefficient (Wildman–Crippen LogP) is 1.96. The molecule has 0 aliphatic rings. The molecule has 0 saturated heterocycles. The van der Waals surface area contributed by atoms with E-state index in [9.17, 15) is 0 Å². The van der Waals surface area contributed by atoms with Gasteiger partial charge in [0.2, 0.25) is 5.78 Å². The van der Waals surface area contributed by atoms with Crippen molar-refractivity contribution in [3.63, 3.8) is 0 Å². The maximum Gasteiger partial charge on any atom is 0.233 e. The molecule has 0 atom stereocenters. The van der Waals surface area contributed by atoms with E-state index in [1.54, 1.807) is 29.2 Å². The van der Waals surface area contributed by atoms with Crippen LogP contribution in [0, 0.1) is 0 Å². The van der Waals surface area contributed by atoms with Crippen LogP contribution >= 0.6 is 28.6 Å². The summed E-state index contributed by atoms with van der Waals surface area (Å²) in [6.45, 7) is 0. The highest BCUT2D eigenvalue weighted by Gasteiger charge is 1.92. The average Bonchev–Trinajstić information content (AvgIpc) is 2.33. The van der Waals surface area contributed by atoms with E-state index < -0.39 is 0 Å². The molecular formula is C6H5BrClN3. The lowest BCUT2D eigenvalue weighted by molar-refractivity contribution is 1.11. The SMILES string of the molecule is Br.Clc1cnc2nccn2c1. The van der Waals surface area contributed by atoms with Crippen molar-refractivity contribution in [1.82, 2.24) is 14.4 Å². The van der Waals surface area contributed by atoms with E-state index in [1.807, 2.05) is 0 Å². The van der Waals surface area contributed by atoms with Gasteiger partial charge < -0.3 is 0 Å². The van der Waals surface area contributed by atoms with Gasteiger partial charge in [-0.25, -0.2) is 9.97 Å². The first-order valence-corrected chi connectivity index (χ1v) is 3.18. The smallest absolute Gasteiger partial charge is 0.233 e. The first kappa shape index (κ1) is 8.49. The molecule has 2 heterocycles. The molecule has 0 fully saturated rings. The third-order valence-corrected chi connectivity index (χ3v) is 1.41. The fourth-order valence-electron chi connectivity index (χ4n) is 0.792. The number of hydrogen-bond acceptors (Lipinski definition) is 2. The van der Waals surface area contributed by atoms with Gasteiger partial charge in [-0.3, -0.25) is 4.40 Å². The normalized spacial score (nSPS) is 9.55. The molecule has 0 radical (unpaired) electrons. The summed E-state index contributed by atoms with van der Waals surface area (Å²) in [6.07, 6.45) is 6.81. The van der Waals surface area contributed by atoms with Crippen molar-refractivity contribution < 1.29 is 0 Å². The Balaban J connectivity index is 0.000000605. The summed E-state index contributed by atoms with van der Waals surface area (Å²) in [5.41, 5.74) is 0. The van der Waals surface area contributed by atoms with Crippen LogP contribution in [-0.2, 0) is 0 Å². The molecule has 0 aliphatic carbocycles. The quantitative estimate of drug-likeness (QED) is 0.697. The van der Waals surface area contributed by atoms with Gasteiger partial charge in [0.1, 0.15) is 0 Å². The molecule has 0 aromatic carbocycles. The molecule has 0 saturated carbocycles. The van der Waals surface area contributed by atoms with Gasteiger partial charge in [-0.05, 0) is 0 Å². The van der Waals surface area contributed by atoms with Gasteiger partial charge in [-0.1, -0.05) is 11.6 Å². The molecule has 11 heavy (non-hydrogen) atoms.